The number of carbonyl (C=O) groups is 1. The lowest BCUT2D eigenvalue weighted by Crippen LogP contribution is -2.41. The van der Waals surface area contributed by atoms with Crippen molar-refractivity contribution in [2.75, 3.05) is 18.0 Å². The lowest BCUT2D eigenvalue weighted by atomic mass is 10.0. The SMILES string of the molecule is NS(=O)(=O)c1ccc(CCN[C@@H](C(=O)N2CCc3ccccc32)c2ccccc2)cc1. The number of primary sulfonamides is 1. The van der Waals surface area contributed by atoms with Crippen LogP contribution in [0.2, 0.25) is 0 Å². The average molecular weight is 436 g/mol. The van der Waals surface area contributed by atoms with Gasteiger partial charge in [-0.05, 0) is 47.7 Å². The van der Waals surface area contributed by atoms with Crippen LogP contribution >= 0.6 is 0 Å². The Balaban J connectivity index is 1.48. The molecule has 1 aliphatic heterocycles. The maximum Gasteiger partial charge on any atom is 0.248 e. The zero-order chi connectivity index (χ0) is 21.8. The van der Waals surface area contributed by atoms with E-state index in [1.54, 1.807) is 12.1 Å². The fourth-order valence-corrected chi connectivity index (χ4v) is 4.44. The highest BCUT2D eigenvalue weighted by molar-refractivity contribution is 7.89. The first-order valence-electron chi connectivity index (χ1n) is 10.2. The summed E-state index contributed by atoms with van der Waals surface area (Å²) in [6.07, 6.45) is 1.51. The molecule has 3 aromatic carbocycles. The normalized spacial score (nSPS) is 14.3. The predicted octanol–water partition coefficient (Wildman–Crippen LogP) is 2.80. The van der Waals surface area contributed by atoms with E-state index < -0.39 is 16.1 Å². The lowest BCUT2D eigenvalue weighted by Gasteiger charge is -2.25. The number of nitrogens with two attached hydrogens (primary N) is 1. The molecule has 0 aliphatic carbocycles. The van der Waals surface area contributed by atoms with E-state index in [1.807, 2.05) is 53.4 Å². The third-order valence-corrected chi connectivity index (χ3v) is 6.48. The fraction of sp³-hybridized carbons (Fsp3) is 0.208. The number of nitrogens with one attached hydrogen (secondary N) is 1. The van der Waals surface area contributed by atoms with E-state index in [9.17, 15) is 13.2 Å². The van der Waals surface area contributed by atoms with Crippen molar-refractivity contribution < 1.29 is 13.2 Å². The van der Waals surface area contributed by atoms with E-state index in [0.717, 1.165) is 23.2 Å². The Kier molecular flexibility index (Phi) is 6.18. The van der Waals surface area contributed by atoms with Gasteiger partial charge in [0.25, 0.3) is 0 Å². The molecule has 0 bridgehead atoms. The van der Waals surface area contributed by atoms with Crippen LogP contribution in [0, 0.1) is 0 Å². The summed E-state index contributed by atoms with van der Waals surface area (Å²) >= 11 is 0. The molecule has 0 spiro atoms. The molecule has 7 heteroatoms. The largest absolute Gasteiger partial charge is 0.310 e. The molecule has 0 saturated carbocycles. The molecule has 4 rings (SSSR count). The Morgan fingerprint density at radius 2 is 1.65 bits per heavy atom. The molecular weight excluding hydrogens is 410 g/mol. The molecule has 1 amide bonds. The Morgan fingerprint density at radius 1 is 0.968 bits per heavy atom. The summed E-state index contributed by atoms with van der Waals surface area (Å²) in [7, 11) is -3.70. The smallest absolute Gasteiger partial charge is 0.248 e. The van der Waals surface area contributed by atoms with Crippen LogP contribution in [0.3, 0.4) is 0 Å². The summed E-state index contributed by atoms with van der Waals surface area (Å²) in [6.45, 7) is 1.24. The standard InChI is InChI=1S/C24H25N3O3S/c25-31(29,30)21-12-10-18(11-13-21)14-16-26-23(20-7-2-1-3-8-20)24(28)27-17-15-19-6-4-5-9-22(19)27/h1-13,23,26H,14-17H2,(H2,25,29,30)/t23-/m1/s1. The molecular formula is C24H25N3O3S. The summed E-state index contributed by atoms with van der Waals surface area (Å²) in [5, 5.41) is 8.56. The number of para-hydroxylation sites is 1. The summed E-state index contributed by atoms with van der Waals surface area (Å²) < 4.78 is 22.8. The Labute approximate surface area is 182 Å². The highest BCUT2D eigenvalue weighted by Gasteiger charge is 2.30. The maximum absolute atomic E-state index is 13.5. The van der Waals surface area contributed by atoms with Gasteiger partial charge in [-0.1, -0.05) is 60.7 Å². The van der Waals surface area contributed by atoms with Crippen molar-refractivity contribution in [2.45, 2.75) is 23.8 Å². The molecule has 0 fully saturated rings. The molecule has 0 saturated heterocycles. The molecule has 3 aromatic rings. The molecule has 31 heavy (non-hydrogen) atoms. The van der Waals surface area contributed by atoms with Crippen molar-refractivity contribution >= 4 is 21.6 Å². The number of fused-ring (bicyclic) bond motifs is 1. The Bertz CT molecular complexity index is 1160. The van der Waals surface area contributed by atoms with Gasteiger partial charge < -0.3 is 10.2 Å². The third kappa shape index (κ3) is 4.85. The minimum atomic E-state index is -3.70. The first-order valence-corrected chi connectivity index (χ1v) is 11.8. The van der Waals surface area contributed by atoms with Crippen molar-refractivity contribution in [1.82, 2.24) is 5.32 Å². The van der Waals surface area contributed by atoms with Crippen LogP contribution in [0.25, 0.3) is 0 Å². The monoisotopic (exact) mass is 435 g/mol. The van der Waals surface area contributed by atoms with Crippen molar-refractivity contribution in [3.05, 3.63) is 95.6 Å². The first-order chi connectivity index (χ1) is 14.9. The van der Waals surface area contributed by atoms with E-state index in [-0.39, 0.29) is 10.8 Å². The third-order valence-electron chi connectivity index (χ3n) is 5.55. The first kappa shape index (κ1) is 21.2. The highest BCUT2D eigenvalue weighted by Crippen LogP contribution is 2.30. The average Bonchev–Trinajstić information content (AvgIpc) is 3.21. The predicted molar refractivity (Wildman–Crippen MR) is 121 cm³/mol. The van der Waals surface area contributed by atoms with Crippen molar-refractivity contribution in [2.24, 2.45) is 5.14 Å². The zero-order valence-corrected chi connectivity index (χ0v) is 17.9. The molecule has 0 aromatic heterocycles. The maximum atomic E-state index is 13.5. The number of hydrogen-bond acceptors (Lipinski definition) is 4. The molecule has 3 N–H and O–H groups in total. The lowest BCUT2D eigenvalue weighted by molar-refractivity contribution is -0.120. The van der Waals surface area contributed by atoms with Gasteiger partial charge in [-0.2, -0.15) is 0 Å². The number of carbonyl (C=O) groups excluding carboxylic acids is 1. The second-order valence-corrected chi connectivity index (χ2v) is 9.17. The summed E-state index contributed by atoms with van der Waals surface area (Å²) in [6, 6.07) is 23.8. The second-order valence-electron chi connectivity index (χ2n) is 7.61. The summed E-state index contributed by atoms with van der Waals surface area (Å²) in [4.78, 5) is 15.4. The van der Waals surface area contributed by atoms with Gasteiger partial charge in [0.2, 0.25) is 15.9 Å². The van der Waals surface area contributed by atoms with E-state index in [2.05, 4.69) is 11.4 Å². The van der Waals surface area contributed by atoms with Gasteiger partial charge in [-0.3, -0.25) is 4.79 Å². The number of benzene rings is 3. The minimum absolute atomic E-state index is 0.0284. The van der Waals surface area contributed by atoms with Gasteiger partial charge in [0, 0.05) is 18.8 Å². The molecule has 0 unspecified atom stereocenters. The van der Waals surface area contributed by atoms with Gasteiger partial charge in [0.15, 0.2) is 0 Å². The van der Waals surface area contributed by atoms with Crippen molar-refractivity contribution in [3.63, 3.8) is 0 Å². The van der Waals surface area contributed by atoms with Gasteiger partial charge in [-0.15, -0.1) is 0 Å². The molecule has 160 valence electrons. The number of anilines is 1. The minimum Gasteiger partial charge on any atom is -0.310 e. The Hall–Kier alpha value is -3.00. The van der Waals surface area contributed by atoms with E-state index >= 15 is 0 Å². The summed E-state index contributed by atoms with van der Waals surface area (Å²) in [5.74, 6) is 0.0284. The molecule has 1 atom stereocenters. The quantitative estimate of drug-likeness (QED) is 0.597. The van der Waals surface area contributed by atoms with Crippen molar-refractivity contribution in [1.29, 1.82) is 0 Å². The van der Waals surface area contributed by atoms with Gasteiger partial charge >= 0.3 is 0 Å². The molecule has 0 radical (unpaired) electrons. The van der Waals surface area contributed by atoms with Crippen LogP contribution in [0.5, 0.6) is 0 Å². The van der Waals surface area contributed by atoms with Gasteiger partial charge in [0.05, 0.1) is 4.90 Å². The number of hydrogen-bond donors (Lipinski definition) is 2. The molecule has 1 heterocycles. The molecule has 6 nitrogen and oxygen atoms in total. The number of sulfonamides is 1. The van der Waals surface area contributed by atoms with Crippen LogP contribution in [-0.2, 0) is 27.7 Å². The van der Waals surface area contributed by atoms with E-state index in [0.29, 0.717) is 19.5 Å². The van der Waals surface area contributed by atoms with Gasteiger partial charge in [0.1, 0.15) is 6.04 Å². The van der Waals surface area contributed by atoms with Crippen LogP contribution < -0.4 is 15.4 Å². The van der Waals surface area contributed by atoms with E-state index in [4.69, 9.17) is 5.14 Å². The number of amides is 1. The van der Waals surface area contributed by atoms with Gasteiger partial charge in [-0.25, -0.2) is 13.6 Å². The van der Waals surface area contributed by atoms with Crippen LogP contribution in [-0.4, -0.2) is 27.4 Å². The summed E-state index contributed by atoms with van der Waals surface area (Å²) in [5.41, 5.74) is 4.05. The zero-order valence-electron chi connectivity index (χ0n) is 17.1. The topological polar surface area (TPSA) is 92.5 Å². The van der Waals surface area contributed by atoms with Crippen LogP contribution in [0.4, 0.5) is 5.69 Å². The van der Waals surface area contributed by atoms with Crippen LogP contribution in [0.15, 0.2) is 83.8 Å². The fourth-order valence-electron chi connectivity index (χ4n) is 3.92. The van der Waals surface area contributed by atoms with E-state index in [1.165, 1.54) is 17.7 Å². The highest BCUT2D eigenvalue weighted by atomic mass is 32.2. The number of nitrogens with zero attached hydrogens (tertiary/aromatic N) is 1. The molecule has 1 aliphatic rings. The number of rotatable bonds is 7. The Morgan fingerprint density at radius 3 is 2.35 bits per heavy atom. The van der Waals surface area contributed by atoms with Crippen molar-refractivity contribution in [3.8, 4) is 0 Å². The van der Waals surface area contributed by atoms with Crippen LogP contribution in [0.1, 0.15) is 22.7 Å². The second kappa shape index (κ2) is 9.01.